The topological polar surface area (TPSA) is 26.3 Å². The Hall–Kier alpha value is -1.57. The second-order valence-electron chi connectivity index (χ2n) is 2.77. The Bertz CT molecular complexity index is 340. The maximum atomic E-state index is 11.1. The van der Waals surface area contributed by atoms with E-state index in [4.69, 9.17) is 0 Å². The number of carbonyl (C=O) groups excluding carboxylic acids is 1. The molecular weight excluding hydrogens is 164 g/mol. The van der Waals surface area contributed by atoms with Crippen LogP contribution in [0, 0.1) is 6.92 Å². The van der Waals surface area contributed by atoms with Gasteiger partial charge in [-0.1, -0.05) is 18.7 Å². The van der Waals surface area contributed by atoms with Gasteiger partial charge in [-0.15, -0.1) is 0 Å². The highest BCUT2D eigenvalue weighted by Crippen LogP contribution is 2.12. The van der Waals surface area contributed by atoms with E-state index in [0.29, 0.717) is 5.56 Å². The first kappa shape index (κ1) is 9.52. The number of esters is 1. The normalized spacial score (nSPS) is 9.38. The fourth-order valence-corrected chi connectivity index (χ4v) is 1.15. The summed E-state index contributed by atoms with van der Waals surface area (Å²) in [5.41, 5.74) is 2.64. The monoisotopic (exact) mass is 176 g/mol. The van der Waals surface area contributed by atoms with Gasteiger partial charge >= 0.3 is 5.97 Å². The van der Waals surface area contributed by atoms with Gasteiger partial charge in [0.25, 0.3) is 0 Å². The van der Waals surface area contributed by atoms with E-state index in [1.807, 2.05) is 13.0 Å². The fourth-order valence-electron chi connectivity index (χ4n) is 1.15. The summed E-state index contributed by atoms with van der Waals surface area (Å²) in [5, 5.41) is 0. The molecule has 0 atom stereocenters. The molecule has 0 saturated carbocycles. The van der Waals surface area contributed by atoms with Gasteiger partial charge < -0.3 is 4.74 Å². The van der Waals surface area contributed by atoms with E-state index in [9.17, 15) is 4.79 Å². The Morgan fingerprint density at radius 3 is 2.69 bits per heavy atom. The third-order valence-corrected chi connectivity index (χ3v) is 1.91. The summed E-state index contributed by atoms with van der Waals surface area (Å²) < 4.78 is 4.60. The summed E-state index contributed by atoms with van der Waals surface area (Å²) in [7, 11) is 1.37. The van der Waals surface area contributed by atoms with Crippen molar-refractivity contribution in [3.63, 3.8) is 0 Å². The average Bonchev–Trinajstić information content (AvgIpc) is 2.16. The standard InChI is InChI=1S/C11H12O2/c1-4-9-5-6-10(7-8(9)2)11(12)13-3/h4-7H,1H2,2-3H3. The molecular formula is C11H12O2. The molecule has 0 radical (unpaired) electrons. The van der Waals surface area contributed by atoms with Crippen LogP contribution in [0.5, 0.6) is 0 Å². The lowest BCUT2D eigenvalue weighted by molar-refractivity contribution is 0.0600. The number of aryl methyl sites for hydroxylation is 1. The van der Waals surface area contributed by atoms with E-state index in [1.54, 1.807) is 18.2 Å². The van der Waals surface area contributed by atoms with Crippen molar-refractivity contribution >= 4 is 12.0 Å². The van der Waals surface area contributed by atoms with Gasteiger partial charge in [0.1, 0.15) is 0 Å². The molecule has 0 aromatic heterocycles. The molecule has 0 fully saturated rings. The summed E-state index contributed by atoms with van der Waals surface area (Å²) >= 11 is 0. The second kappa shape index (κ2) is 3.90. The minimum atomic E-state index is -0.307. The molecule has 1 aromatic carbocycles. The highest BCUT2D eigenvalue weighted by molar-refractivity contribution is 5.89. The molecule has 0 aliphatic rings. The maximum Gasteiger partial charge on any atom is 0.337 e. The van der Waals surface area contributed by atoms with E-state index in [1.165, 1.54) is 7.11 Å². The van der Waals surface area contributed by atoms with Crippen molar-refractivity contribution < 1.29 is 9.53 Å². The van der Waals surface area contributed by atoms with Crippen LogP contribution in [0.3, 0.4) is 0 Å². The Kier molecular flexibility index (Phi) is 2.85. The van der Waals surface area contributed by atoms with Crippen LogP contribution in [0.25, 0.3) is 6.08 Å². The van der Waals surface area contributed by atoms with Crippen LogP contribution in [-0.4, -0.2) is 13.1 Å². The SMILES string of the molecule is C=Cc1ccc(C(=O)OC)cc1C. The molecule has 0 N–H and O–H groups in total. The molecule has 2 nitrogen and oxygen atoms in total. The molecule has 0 saturated heterocycles. The van der Waals surface area contributed by atoms with Crippen molar-refractivity contribution in [2.75, 3.05) is 7.11 Å². The van der Waals surface area contributed by atoms with Gasteiger partial charge in [0.15, 0.2) is 0 Å². The molecule has 0 bridgehead atoms. The lowest BCUT2D eigenvalue weighted by atomic mass is 10.1. The fraction of sp³-hybridized carbons (Fsp3) is 0.182. The molecule has 0 heterocycles. The van der Waals surface area contributed by atoms with Crippen molar-refractivity contribution in [3.8, 4) is 0 Å². The van der Waals surface area contributed by atoms with Crippen LogP contribution in [0.4, 0.5) is 0 Å². The Balaban J connectivity index is 3.09. The quantitative estimate of drug-likeness (QED) is 0.647. The summed E-state index contributed by atoms with van der Waals surface area (Å²) in [4.78, 5) is 11.1. The average molecular weight is 176 g/mol. The zero-order valence-electron chi connectivity index (χ0n) is 7.83. The predicted octanol–water partition coefficient (Wildman–Crippen LogP) is 2.42. The molecule has 0 unspecified atom stereocenters. The molecule has 2 heteroatoms. The second-order valence-corrected chi connectivity index (χ2v) is 2.77. The van der Waals surface area contributed by atoms with Crippen molar-refractivity contribution in [2.24, 2.45) is 0 Å². The Morgan fingerprint density at radius 2 is 2.23 bits per heavy atom. The molecule has 0 amide bonds. The maximum absolute atomic E-state index is 11.1. The number of hydrogen-bond donors (Lipinski definition) is 0. The van der Waals surface area contributed by atoms with Gasteiger partial charge in [-0.25, -0.2) is 4.79 Å². The smallest absolute Gasteiger partial charge is 0.337 e. The van der Waals surface area contributed by atoms with Gasteiger partial charge in [0.05, 0.1) is 12.7 Å². The Labute approximate surface area is 77.8 Å². The van der Waals surface area contributed by atoms with Gasteiger partial charge in [-0.3, -0.25) is 0 Å². The van der Waals surface area contributed by atoms with E-state index >= 15 is 0 Å². The molecule has 13 heavy (non-hydrogen) atoms. The van der Waals surface area contributed by atoms with Crippen LogP contribution < -0.4 is 0 Å². The zero-order valence-corrected chi connectivity index (χ0v) is 7.83. The number of methoxy groups -OCH3 is 1. The van der Waals surface area contributed by atoms with Crippen molar-refractivity contribution in [3.05, 3.63) is 41.5 Å². The predicted molar refractivity (Wildman–Crippen MR) is 52.6 cm³/mol. The van der Waals surface area contributed by atoms with Crippen LogP contribution in [0.2, 0.25) is 0 Å². The van der Waals surface area contributed by atoms with E-state index in [2.05, 4.69) is 11.3 Å². The van der Waals surface area contributed by atoms with Crippen LogP contribution in [0.1, 0.15) is 21.5 Å². The zero-order chi connectivity index (χ0) is 9.84. The summed E-state index contributed by atoms with van der Waals surface area (Å²) in [5.74, 6) is -0.307. The number of benzene rings is 1. The highest BCUT2D eigenvalue weighted by Gasteiger charge is 2.05. The number of carbonyl (C=O) groups is 1. The Morgan fingerprint density at radius 1 is 1.54 bits per heavy atom. The van der Waals surface area contributed by atoms with Crippen LogP contribution in [-0.2, 0) is 4.74 Å². The van der Waals surface area contributed by atoms with Gasteiger partial charge in [-0.2, -0.15) is 0 Å². The van der Waals surface area contributed by atoms with E-state index < -0.39 is 0 Å². The van der Waals surface area contributed by atoms with E-state index in [0.717, 1.165) is 11.1 Å². The first-order valence-electron chi connectivity index (χ1n) is 4.00. The molecule has 1 aromatic rings. The van der Waals surface area contributed by atoms with Crippen molar-refractivity contribution in [1.29, 1.82) is 0 Å². The highest BCUT2D eigenvalue weighted by atomic mass is 16.5. The minimum Gasteiger partial charge on any atom is -0.465 e. The lowest BCUT2D eigenvalue weighted by Crippen LogP contribution is -2.01. The number of hydrogen-bond acceptors (Lipinski definition) is 2. The third-order valence-electron chi connectivity index (χ3n) is 1.91. The number of rotatable bonds is 2. The van der Waals surface area contributed by atoms with E-state index in [-0.39, 0.29) is 5.97 Å². The van der Waals surface area contributed by atoms with Gasteiger partial charge in [0.2, 0.25) is 0 Å². The van der Waals surface area contributed by atoms with Gasteiger partial charge in [-0.05, 0) is 30.2 Å². The van der Waals surface area contributed by atoms with Crippen LogP contribution >= 0.6 is 0 Å². The van der Waals surface area contributed by atoms with Gasteiger partial charge in [0, 0.05) is 0 Å². The molecule has 0 aliphatic heterocycles. The largest absolute Gasteiger partial charge is 0.465 e. The third kappa shape index (κ3) is 1.96. The first-order valence-corrected chi connectivity index (χ1v) is 4.00. The summed E-state index contributed by atoms with van der Waals surface area (Å²) in [6, 6.07) is 5.38. The summed E-state index contributed by atoms with van der Waals surface area (Å²) in [6.07, 6.45) is 1.76. The molecule has 0 spiro atoms. The first-order chi connectivity index (χ1) is 6.19. The van der Waals surface area contributed by atoms with Crippen molar-refractivity contribution in [1.82, 2.24) is 0 Å². The minimum absolute atomic E-state index is 0.307. The summed E-state index contributed by atoms with van der Waals surface area (Å²) in [6.45, 7) is 5.60. The molecule has 68 valence electrons. The van der Waals surface area contributed by atoms with Crippen molar-refractivity contribution in [2.45, 2.75) is 6.92 Å². The van der Waals surface area contributed by atoms with Crippen LogP contribution in [0.15, 0.2) is 24.8 Å². The molecule has 1 rings (SSSR count). The lowest BCUT2D eigenvalue weighted by Gasteiger charge is -2.03. The molecule has 0 aliphatic carbocycles. The number of ether oxygens (including phenoxy) is 1.